The van der Waals surface area contributed by atoms with E-state index in [2.05, 4.69) is 27.1 Å². The molecular formula is C15H24N4O2. The molecule has 1 aliphatic carbocycles. The number of hydrogen-bond acceptors (Lipinski definition) is 6. The van der Waals surface area contributed by atoms with Gasteiger partial charge in [-0.1, -0.05) is 6.92 Å². The maximum absolute atomic E-state index is 10.1. The van der Waals surface area contributed by atoms with Gasteiger partial charge >= 0.3 is 0 Å². The molecule has 0 amide bonds. The Morgan fingerprint density at radius 3 is 2.95 bits per heavy atom. The lowest BCUT2D eigenvalue weighted by atomic mass is 10.00. The monoisotopic (exact) mass is 292 g/mol. The first-order valence-electron chi connectivity index (χ1n) is 7.80. The third-order valence-corrected chi connectivity index (χ3v) is 4.65. The fourth-order valence-electron chi connectivity index (χ4n) is 3.56. The van der Waals surface area contributed by atoms with Crippen LogP contribution < -0.4 is 15.0 Å². The van der Waals surface area contributed by atoms with Crippen molar-refractivity contribution in [3.63, 3.8) is 0 Å². The van der Waals surface area contributed by atoms with Crippen LogP contribution in [0.4, 0.5) is 11.6 Å². The second-order valence-electron chi connectivity index (χ2n) is 5.98. The normalized spacial score (nSPS) is 27.8. The first-order valence-corrected chi connectivity index (χ1v) is 7.80. The van der Waals surface area contributed by atoms with Crippen molar-refractivity contribution >= 4 is 11.6 Å². The van der Waals surface area contributed by atoms with Gasteiger partial charge in [0.2, 0.25) is 5.75 Å². The zero-order valence-corrected chi connectivity index (χ0v) is 12.7. The van der Waals surface area contributed by atoms with Crippen LogP contribution in [0.3, 0.4) is 0 Å². The van der Waals surface area contributed by atoms with Gasteiger partial charge in [-0.3, -0.25) is 0 Å². The van der Waals surface area contributed by atoms with Crippen LogP contribution in [-0.2, 0) is 0 Å². The number of rotatable bonds is 5. The predicted molar refractivity (Wildman–Crippen MR) is 81.8 cm³/mol. The fourth-order valence-corrected chi connectivity index (χ4v) is 3.56. The summed E-state index contributed by atoms with van der Waals surface area (Å²) in [7, 11) is 1.66. The minimum absolute atomic E-state index is 0.162. The average molecular weight is 292 g/mol. The number of nitrogens with one attached hydrogen (secondary N) is 1. The molecule has 116 valence electrons. The Morgan fingerprint density at radius 1 is 1.38 bits per heavy atom. The van der Waals surface area contributed by atoms with Crippen LogP contribution in [0.2, 0.25) is 0 Å². The van der Waals surface area contributed by atoms with Gasteiger partial charge in [-0.05, 0) is 25.2 Å². The van der Waals surface area contributed by atoms with E-state index in [-0.39, 0.29) is 6.10 Å². The van der Waals surface area contributed by atoms with Crippen molar-refractivity contribution in [1.82, 2.24) is 9.97 Å². The molecule has 3 atom stereocenters. The molecule has 6 heteroatoms. The van der Waals surface area contributed by atoms with Gasteiger partial charge in [-0.2, -0.15) is 0 Å². The van der Waals surface area contributed by atoms with Gasteiger partial charge in [0.25, 0.3) is 0 Å². The standard InChI is InChI=1S/C15H24N4O2/c1-3-6-16-14-13(21-2)15(18-9-17-14)19-7-10-4-5-12(20)11(10)8-19/h9-12,20H,3-8H2,1-2H3,(H,16,17,18). The average Bonchev–Trinajstić information content (AvgIpc) is 3.07. The van der Waals surface area contributed by atoms with Crippen LogP contribution in [0.5, 0.6) is 5.75 Å². The molecule has 0 bridgehead atoms. The van der Waals surface area contributed by atoms with Crippen molar-refractivity contribution < 1.29 is 9.84 Å². The second-order valence-corrected chi connectivity index (χ2v) is 5.98. The molecule has 1 aliphatic heterocycles. The van der Waals surface area contributed by atoms with E-state index in [1.807, 2.05) is 0 Å². The van der Waals surface area contributed by atoms with E-state index in [0.29, 0.717) is 17.6 Å². The van der Waals surface area contributed by atoms with Crippen LogP contribution in [0, 0.1) is 11.8 Å². The SMILES string of the molecule is CCCNc1ncnc(N2CC3CCC(O)C3C2)c1OC. The Labute approximate surface area is 125 Å². The van der Waals surface area contributed by atoms with Gasteiger partial charge in [0.05, 0.1) is 13.2 Å². The Morgan fingerprint density at radius 2 is 2.24 bits per heavy atom. The summed E-state index contributed by atoms with van der Waals surface area (Å²) in [5, 5.41) is 13.3. The summed E-state index contributed by atoms with van der Waals surface area (Å²) in [6.45, 7) is 4.77. The minimum Gasteiger partial charge on any atom is -0.490 e. The number of aliphatic hydroxyl groups is 1. The van der Waals surface area contributed by atoms with E-state index in [9.17, 15) is 5.11 Å². The van der Waals surface area contributed by atoms with Crippen molar-refractivity contribution in [2.45, 2.75) is 32.3 Å². The maximum atomic E-state index is 10.1. The maximum Gasteiger partial charge on any atom is 0.204 e. The summed E-state index contributed by atoms with van der Waals surface area (Å²) in [6.07, 6.45) is 4.50. The molecule has 6 nitrogen and oxygen atoms in total. The van der Waals surface area contributed by atoms with Crippen LogP contribution in [-0.4, -0.2) is 47.9 Å². The van der Waals surface area contributed by atoms with E-state index < -0.39 is 0 Å². The molecule has 2 heterocycles. The molecule has 2 N–H and O–H groups in total. The van der Waals surface area contributed by atoms with Gasteiger partial charge in [0.15, 0.2) is 11.6 Å². The van der Waals surface area contributed by atoms with E-state index >= 15 is 0 Å². The third kappa shape index (κ3) is 2.64. The summed E-state index contributed by atoms with van der Waals surface area (Å²) in [6, 6.07) is 0. The van der Waals surface area contributed by atoms with Gasteiger partial charge in [-0.15, -0.1) is 0 Å². The number of fused-ring (bicyclic) bond motifs is 1. The van der Waals surface area contributed by atoms with Crippen LogP contribution in [0.25, 0.3) is 0 Å². The quantitative estimate of drug-likeness (QED) is 0.857. The van der Waals surface area contributed by atoms with E-state index in [0.717, 1.165) is 50.5 Å². The molecule has 1 saturated carbocycles. The molecule has 2 fully saturated rings. The molecule has 0 aromatic carbocycles. The highest BCUT2D eigenvalue weighted by Gasteiger charge is 2.43. The predicted octanol–water partition coefficient (Wildman–Crippen LogP) is 1.51. The zero-order valence-electron chi connectivity index (χ0n) is 12.7. The number of hydrogen-bond donors (Lipinski definition) is 2. The molecular weight excluding hydrogens is 268 g/mol. The van der Waals surface area contributed by atoms with Crippen LogP contribution >= 0.6 is 0 Å². The highest BCUT2D eigenvalue weighted by atomic mass is 16.5. The second kappa shape index (κ2) is 6.05. The number of aliphatic hydroxyl groups excluding tert-OH is 1. The molecule has 21 heavy (non-hydrogen) atoms. The topological polar surface area (TPSA) is 70.5 Å². The van der Waals surface area contributed by atoms with Crippen LogP contribution in [0.15, 0.2) is 6.33 Å². The lowest BCUT2D eigenvalue weighted by Gasteiger charge is -2.22. The van der Waals surface area contributed by atoms with E-state index in [4.69, 9.17) is 4.74 Å². The highest BCUT2D eigenvalue weighted by Crippen LogP contribution is 2.42. The van der Waals surface area contributed by atoms with Crippen molar-refractivity contribution in [3.8, 4) is 5.75 Å². The summed E-state index contributed by atoms with van der Waals surface area (Å²) >= 11 is 0. The molecule has 1 saturated heterocycles. The molecule has 0 radical (unpaired) electrons. The molecule has 1 aromatic heterocycles. The van der Waals surface area contributed by atoms with Crippen molar-refractivity contribution in [1.29, 1.82) is 0 Å². The zero-order chi connectivity index (χ0) is 14.8. The van der Waals surface area contributed by atoms with Crippen molar-refractivity contribution in [2.75, 3.05) is 37.0 Å². The Kier molecular flexibility index (Phi) is 4.14. The van der Waals surface area contributed by atoms with Gasteiger partial charge in [0.1, 0.15) is 6.33 Å². The highest BCUT2D eigenvalue weighted by molar-refractivity contribution is 5.65. The van der Waals surface area contributed by atoms with E-state index in [1.54, 1.807) is 13.4 Å². The first-order chi connectivity index (χ1) is 10.2. The summed E-state index contributed by atoms with van der Waals surface area (Å²) < 4.78 is 5.54. The molecule has 1 aromatic rings. The first kappa shape index (κ1) is 14.4. The number of nitrogens with zero attached hydrogens (tertiary/aromatic N) is 3. The Balaban J connectivity index is 1.82. The molecule has 3 rings (SSSR count). The summed E-state index contributed by atoms with van der Waals surface area (Å²) in [4.78, 5) is 10.9. The molecule has 3 unspecified atom stereocenters. The van der Waals surface area contributed by atoms with Gasteiger partial charge < -0.3 is 20.1 Å². The largest absolute Gasteiger partial charge is 0.490 e. The minimum atomic E-state index is -0.162. The number of aromatic nitrogens is 2. The van der Waals surface area contributed by atoms with E-state index in [1.165, 1.54) is 0 Å². The van der Waals surface area contributed by atoms with Crippen LogP contribution in [0.1, 0.15) is 26.2 Å². The lowest BCUT2D eigenvalue weighted by molar-refractivity contribution is 0.133. The summed E-state index contributed by atoms with van der Waals surface area (Å²) in [5.74, 6) is 3.25. The number of ether oxygens (including phenoxy) is 1. The Hall–Kier alpha value is -1.56. The number of methoxy groups -OCH3 is 1. The van der Waals surface area contributed by atoms with Crippen molar-refractivity contribution in [2.24, 2.45) is 11.8 Å². The van der Waals surface area contributed by atoms with Crippen molar-refractivity contribution in [3.05, 3.63) is 6.33 Å². The summed E-state index contributed by atoms with van der Waals surface area (Å²) in [5.41, 5.74) is 0. The van der Waals surface area contributed by atoms with Gasteiger partial charge in [0, 0.05) is 25.6 Å². The molecule has 0 spiro atoms. The number of anilines is 2. The molecule has 2 aliphatic rings. The smallest absolute Gasteiger partial charge is 0.204 e. The van der Waals surface area contributed by atoms with Gasteiger partial charge in [-0.25, -0.2) is 9.97 Å². The Bertz CT molecular complexity index is 497. The third-order valence-electron chi connectivity index (χ3n) is 4.65. The lowest BCUT2D eigenvalue weighted by Crippen LogP contribution is -2.26. The fraction of sp³-hybridized carbons (Fsp3) is 0.733.